The number of carbonyl (C=O) groups excluding carboxylic acids is 2. The number of hydrogen-bond donors (Lipinski definition) is 1. The Morgan fingerprint density at radius 3 is 2.92 bits per heavy atom. The monoisotopic (exact) mass is 343 g/mol. The third-order valence-corrected chi connectivity index (χ3v) is 4.91. The smallest absolute Gasteiger partial charge is 0.409 e. The van der Waals surface area contributed by atoms with E-state index in [1.807, 2.05) is 6.33 Å². The van der Waals surface area contributed by atoms with E-state index in [-0.39, 0.29) is 12.0 Å². The van der Waals surface area contributed by atoms with Crippen molar-refractivity contribution < 1.29 is 14.3 Å². The van der Waals surface area contributed by atoms with Crippen molar-refractivity contribution in [3.63, 3.8) is 0 Å². The van der Waals surface area contributed by atoms with E-state index in [2.05, 4.69) is 19.9 Å². The van der Waals surface area contributed by atoms with Gasteiger partial charge in [-0.05, 0) is 18.9 Å². The first-order valence-electron chi connectivity index (χ1n) is 8.75. The van der Waals surface area contributed by atoms with Gasteiger partial charge in [0.2, 0.25) is 0 Å². The van der Waals surface area contributed by atoms with Crippen molar-refractivity contribution >= 4 is 23.2 Å². The second-order valence-electron chi connectivity index (χ2n) is 6.51. The van der Waals surface area contributed by atoms with Crippen molar-refractivity contribution in [1.29, 1.82) is 0 Å². The van der Waals surface area contributed by atoms with Gasteiger partial charge in [-0.1, -0.05) is 12.8 Å². The van der Waals surface area contributed by atoms with Gasteiger partial charge in [-0.15, -0.1) is 0 Å². The van der Waals surface area contributed by atoms with Gasteiger partial charge in [0.25, 0.3) is 5.91 Å². The van der Waals surface area contributed by atoms with Crippen LogP contribution in [0.15, 0.2) is 18.6 Å². The molecule has 8 heteroatoms. The van der Waals surface area contributed by atoms with Crippen LogP contribution in [0.2, 0.25) is 0 Å². The summed E-state index contributed by atoms with van der Waals surface area (Å²) < 4.78 is 6.98. The Kier molecular flexibility index (Phi) is 4.25. The number of amides is 2. The Labute approximate surface area is 145 Å². The summed E-state index contributed by atoms with van der Waals surface area (Å²) in [5.74, 6) is -0.211. The van der Waals surface area contributed by atoms with Gasteiger partial charge in [0.1, 0.15) is 12.1 Å². The molecular weight excluding hydrogens is 322 g/mol. The molecule has 0 bridgehead atoms. The van der Waals surface area contributed by atoms with Gasteiger partial charge in [0.05, 0.1) is 18.4 Å². The summed E-state index contributed by atoms with van der Waals surface area (Å²) >= 11 is 0. The van der Waals surface area contributed by atoms with Crippen molar-refractivity contribution in [2.75, 3.05) is 26.2 Å². The van der Waals surface area contributed by atoms with Crippen LogP contribution in [0, 0.1) is 0 Å². The lowest BCUT2D eigenvalue weighted by molar-refractivity contribution is 0.0948. The summed E-state index contributed by atoms with van der Waals surface area (Å²) in [6.45, 7) is 1.80. The Morgan fingerprint density at radius 1 is 1.32 bits per heavy atom. The molecule has 0 spiro atoms. The van der Waals surface area contributed by atoms with Gasteiger partial charge >= 0.3 is 6.09 Å². The molecule has 0 aromatic carbocycles. The summed E-state index contributed by atoms with van der Waals surface area (Å²) in [5.41, 5.74) is 2.05. The van der Waals surface area contributed by atoms with E-state index in [4.69, 9.17) is 4.74 Å². The highest BCUT2D eigenvalue weighted by Crippen LogP contribution is 2.31. The molecule has 3 heterocycles. The van der Waals surface area contributed by atoms with E-state index >= 15 is 0 Å². The van der Waals surface area contributed by atoms with E-state index in [9.17, 15) is 9.59 Å². The zero-order valence-corrected chi connectivity index (χ0v) is 14.0. The summed E-state index contributed by atoms with van der Waals surface area (Å²) in [5, 5.41) is 2.81. The van der Waals surface area contributed by atoms with E-state index in [0.29, 0.717) is 37.8 Å². The molecule has 4 rings (SSSR count). The predicted molar refractivity (Wildman–Crippen MR) is 90.3 cm³/mol. The lowest BCUT2D eigenvalue weighted by Gasteiger charge is -2.13. The molecule has 0 radical (unpaired) electrons. The van der Waals surface area contributed by atoms with Crippen molar-refractivity contribution in [2.24, 2.45) is 0 Å². The first kappa shape index (κ1) is 15.9. The van der Waals surface area contributed by atoms with Crippen LogP contribution in [-0.2, 0) is 4.74 Å². The van der Waals surface area contributed by atoms with Gasteiger partial charge in [-0.3, -0.25) is 4.79 Å². The van der Waals surface area contributed by atoms with Crippen molar-refractivity contribution in [3.8, 4) is 0 Å². The highest BCUT2D eigenvalue weighted by atomic mass is 16.6. The number of nitrogens with zero attached hydrogens (tertiary/aromatic N) is 4. The molecule has 25 heavy (non-hydrogen) atoms. The van der Waals surface area contributed by atoms with Crippen LogP contribution >= 0.6 is 0 Å². The summed E-state index contributed by atoms with van der Waals surface area (Å²) in [4.78, 5) is 34.1. The molecule has 1 aliphatic carbocycles. The maximum atomic E-state index is 12.3. The molecule has 1 aliphatic heterocycles. The molecule has 132 valence electrons. The number of rotatable bonds is 5. The molecule has 2 amide bonds. The minimum Gasteiger partial charge on any atom is -0.448 e. The minimum atomic E-state index is -0.324. The third-order valence-electron chi connectivity index (χ3n) is 4.91. The summed E-state index contributed by atoms with van der Waals surface area (Å²) in [6, 6.07) is 2.24. The van der Waals surface area contributed by atoms with E-state index in [1.165, 1.54) is 12.8 Å². The number of fused-ring (bicyclic) bond motifs is 1. The number of pyridine rings is 1. The number of aromatic nitrogens is 3. The van der Waals surface area contributed by atoms with Crippen molar-refractivity contribution in [2.45, 2.75) is 31.7 Å². The maximum Gasteiger partial charge on any atom is 0.409 e. The number of cyclic esters (lactones) is 1. The molecule has 8 nitrogen and oxygen atoms in total. The average molecular weight is 343 g/mol. The van der Waals surface area contributed by atoms with E-state index < -0.39 is 0 Å². The molecule has 1 N–H and O–H groups in total. The molecule has 0 unspecified atom stereocenters. The van der Waals surface area contributed by atoms with Crippen LogP contribution in [0.4, 0.5) is 4.79 Å². The number of carbonyl (C=O) groups is 2. The molecule has 2 aliphatic rings. The van der Waals surface area contributed by atoms with Gasteiger partial charge in [0.15, 0.2) is 5.65 Å². The van der Waals surface area contributed by atoms with Gasteiger partial charge in [-0.2, -0.15) is 0 Å². The van der Waals surface area contributed by atoms with Crippen LogP contribution in [0.3, 0.4) is 0 Å². The number of hydrogen-bond acceptors (Lipinski definition) is 5. The number of nitrogens with one attached hydrogen (secondary N) is 1. The zero-order valence-electron chi connectivity index (χ0n) is 14.0. The molecule has 1 saturated heterocycles. The van der Waals surface area contributed by atoms with Gasteiger partial charge in [0, 0.05) is 25.3 Å². The van der Waals surface area contributed by atoms with Gasteiger partial charge < -0.3 is 19.5 Å². The first-order valence-corrected chi connectivity index (χ1v) is 8.75. The zero-order chi connectivity index (χ0) is 17.2. The fourth-order valence-electron chi connectivity index (χ4n) is 3.53. The Hall–Kier alpha value is -2.64. The van der Waals surface area contributed by atoms with Crippen molar-refractivity contribution in [3.05, 3.63) is 24.2 Å². The third kappa shape index (κ3) is 3.16. The fraction of sp³-hybridized carbons (Fsp3) is 0.529. The van der Waals surface area contributed by atoms with Gasteiger partial charge in [-0.25, -0.2) is 14.8 Å². The summed E-state index contributed by atoms with van der Waals surface area (Å²) in [7, 11) is 0. The molecule has 2 aromatic rings. The molecule has 2 aromatic heterocycles. The lowest BCUT2D eigenvalue weighted by Crippen LogP contribution is -2.35. The second-order valence-corrected chi connectivity index (χ2v) is 6.51. The fourth-order valence-corrected chi connectivity index (χ4v) is 3.53. The normalized spacial score (nSPS) is 18.1. The average Bonchev–Trinajstić information content (AvgIpc) is 3.34. The highest BCUT2D eigenvalue weighted by Gasteiger charge is 2.22. The van der Waals surface area contributed by atoms with Crippen LogP contribution in [0.25, 0.3) is 11.2 Å². The lowest BCUT2D eigenvalue weighted by atomic mass is 10.2. The maximum absolute atomic E-state index is 12.3. The van der Waals surface area contributed by atoms with E-state index in [0.717, 1.165) is 24.0 Å². The molecule has 2 fully saturated rings. The topological polar surface area (TPSA) is 89.3 Å². The Morgan fingerprint density at radius 2 is 2.16 bits per heavy atom. The van der Waals surface area contributed by atoms with Crippen LogP contribution in [0.1, 0.15) is 42.1 Å². The van der Waals surface area contributed by atoms with Crippen LogP contribution < -0.4 is 5.32 Å². The standard InChI is InChI=1S/C17H21N5O3/c23-16(18-5-6-21-7-8-25-17(21)24)12-9-14-15(19-10-12)22(11-20-14)13-3-1-2-4-13/h9-11,13H,1-8H2,(H,18,23). The quantitative estimate of drug-likeness (QED) is 0.893. The Balaban J connectivity index is 1.40. The number of imidazole rings is 1. The van der Waals surface area contributed by atoms with E-state index in [1.54, 1.807) is 17.2 Å². The predicted octanol–water partition coefficient (Wildman–Crippen LogP) is 1.73. The highest BCUT2D eigenvalue weighted by molar-refractivity contribution is 5.96. The van der Waals surface area contributed by atoms with Crippen LogP contribution in [-0.4, -0.2) is 57.7 Å². The number of ether oxygens (including phenoxy) is 1. The molecule has 1 saturated carbocycles. The summed E-state index contributed by atoms with van der Waals surface area (Å²) in [6.07, 6.45) is 7.91. The first-order chi connectivity index (χ1) is 12.2. The largest absolute Gasteiger partial charge is 0.448 e. The second kappa shape index (κ2) is 6.70. The SMILES string of the molecule is O=C(NCCN1CCOC1=O)c1cnc2c(c1)ncn2C1CCCC1. The molecule has 0 atom stereocenters. The Bertz CT molecular complexity index is 797. The van der Waals surface area contributed by atoms with Crippen LogP contribution in [0.5, 0.6) is 0 Å². The minimum absolute atomic E-state index is 0.211. The van der Waals surface area contributed by atoms with Crippen molar-refractivity contribution in [1.82, 2.24) is 24.8 Å². The molecular formula is C17H21N5O3.